The lowest BCUT2D eigenvalue weighted by molar-refractivity contribution is 0.0657. The molecule has 0 aliphatic carbocycles. The van der Waals surface area contributed by atoms with E-state index in [0.29, 0.717) is 12.1 Å². The molecule has 2 nitrogen and oxygen atoms in total. The number of nitrogens with one attached hydrogen (secondary N) is 1. The van der Waals surface area contributed by atoms with Crippen LogP contribution in [0, 0.1) is 0 Å². The van der Waals surface area contributed by atoms with Gasteiger partial charge in [0, 0.05) is 23.9 Å². The van der Waals surface area contributed by atoms with Crippen LogP contribution in [0.5, 0.6) is 0 Å². The van der Waals surface area contributed by atoms with Gasteiger partial charge in [-0.25, -0.2) is 0 Å². The number of rotatable bonds is 2. The highest BCUT2D eigenvalue weighted by atomic mass is 32.2. The van der Waals surface area contributed by atoms with Crippen molar-refractivity contribution < 1.29 is 4.74 Å². The monoisotopic (exact) mass is 269 g/mol. The molecule has 2 aliphatic heterocycles. The fourth-order valence-electron chi connectivity index (χ4n) is 2.66. The Morgan fingerprint density at radius 3 is 3.24 bits per heavy atom. The Kier molecular flexibility index (Phi) is 3.75. The Morgan fingerprint density at radius 2 is 2.41 bits per heavy atom. The molecule has 2 aliphatic rings. The highest BCUT2D eigenvalue weighted by Crippen LogP contribution is 2.43. The largest absolute Gasteiger partial charge is 0.380 e. The third kappa shape index (κ3) is 2.70. The first-order valence-corrected chi connectivity index (χ1v) is 8.16. The summed E-state index contributed by atoms with van der Waals surface area (Å²) in [4.78, 5) is 0. The lowest BCUT2D eigenvalue weighted by atomic mass is 10.0. The van der Waals surface area contributed by atoms with Crippen LogP contribution in [-0.2, 0) is 4.74 Å². The Labute approximate surface area is 111 Å². The van der Waals surface area contributed by atoms with Gasteiger partial charge in [0.2, 0.25) is 0 Å². The quantitative estimate of drug-likeness (QED) is 0.888. The molecule has 4 heteroatoms. The van der Waals surface area contributed by atoms with E-state index >= 15 is 0 Å². The molecule has 1 N–H and O–H groups in total. The fourth-order valence-corrected chi connectivity index (χ4v) is 5.23. The third-order valence-electron chi connectivity index (χ3n) is 3.51. The van der Waals surface area contributed by atoms with E-state index in [4.69, 9.17) is 4.74 Å². The molecular weight excluding hydrogens is 250 g/mol. The second kappa shape index (κ2) is 5.31. The van der Waals surface area contributed by atoms with Gasteiger partial charge in [-0.15, -0.1) is 23.1 Å². The molecule has 0 saturated carbocycles. The smallest absolute Gasteiger partial charge is 0.0649 e. The van der Waals surface area contributed by atoms with Crippen molar-refractivity contribution in [3.05, 3.63) is 17.0 Å². The molecule has 3 heterocycles. The van der Waals surface area contributed by atoms with Crippen molar-refractivity contribution in [1.82, 2.24) is 5.32 Å². The van der Waals surface area contributed by atoms with E-state index in [1.165, 1.54) is 29.0 Å². The van der Waals surface area contributed by atoms with Crippen molar-refractivity contribution in [2.45, 2.75) is 47.7 Å². The molecule has 17 heavy (non-hydrogen) atoms. The predicted octanol–water partition coefficient (Wildman–Crippen LogP) is 3.44. The summed E-state index contributed by atoms with van der Waals surface area (Å²) in [5.74, 6) is 0. The van der Waals surface area contributed by atoms with Gasteiger partial charge in [-0.3, -0.25) is 0 Å². The first-order chi connectivity index (χ1) is 8.33. The minimum Gasteiger partial charge on any atom is -0.380 e. The minimum absolute atomic E-state index is 0.541. The summed E-state index contributed by atoms with van der Waals surface area (Å²) in [7, 11) is 0. The number of fused-ring (bicyclic) bond motifs is 1. The number of ether oxygens (including phenoxy) is 1. The van der Waals surface area contributed by atoms with Crippen molar-refractivity contribution in [2.75, 3.05) is 13.2 Å². The summed E-state index contributed by atoms with van der Waals surface area (Å²) >= 11 is 3.92. The fraction of sp³-hybridized carbons (Fsp3) is 0.692. The topological polar surface area (TPSA) is 21.3 Å². The second-order valence-corrected chi connectivity index (χ2v) is 7.58. The molecule has 94 valence electrons. The summed E-state index contributed by atoms with van der Waals surface area (Å²) < 4.78 is 7.07. The number of thiophene rings is 1. The SMILES string of the molecule is C[C@H]1CC(NC2CCCOC2)c2ccsc2S1. The van der Waals surface area contributed by atoms with E-state index in [1.807, 2.05) is 23.1 Å². The molecule has 0 aromatic carbocycles. The van der Waals surface area contributed by atoms with Crippen LogP contribution < -0.4 is 5.32 Å². The number of hydrogen-bond acceptors (Lipinski definition) is 4. The van der Waals surface area contributed by atoms with E-state index in [1.54, 1.807) is 0 Å². The van der Waals surface area contributed by atoms with Gasteiger partial charge in [-0.05, 0) is 36.3 Å². The zero-order valence-corrected chi connectivity index (χ0v) is 11.8. The van der Waals surface area contributed by atoms with Crippen molar-refractivity contribution >= 4 is 23.1 Å². The number of thioether (sulfide) groups is 1. The average molecular weight is 269 g/mol. The summed E-state index contributed by atoms with van der Waals surface area (Å²) in [5.41, 5.74) is 1.52. The molecular formula is C13H19NOS2. The predicted molar refractivity (Wildman–Crippen MR) is 74.0 cm³/mol. The average Bonchev–Trinajstić information content (AvgIpc) is 2.78. The molecule has 0 bridgehead atoms. The second-order valence-electron chi connectivity index (χ2n) is 4.96. The Morgan fingerprint density at radius 1 is 1.47 bits per heavy atom. The van der Waals surface area contributed by atoms with Crippen LogP contribution in [0.15, 0.2) is 15.7 Å². The van der Waals surface area contributed by atoms with Gasteiger partial charge in [0.25, 0.3) is 0 Å². The lowest BCUT2D eigenvalue weighted by Gasteiger charge is -2.32. The Hall–Kier alpha value is -0.0300. The van der Waals surface area contributed by atoms with E-state index in [0.717, 1.165) is 18.5 Å². The lowest BCUT2D eigenvalue weighted by Crippen LogP contribution is -2.40. The first-order valence-electron chi connectivity index (χ1n) is 6.41. The number of hydrogen-bond donors (Lipinski definition) is 1. The van der Waals surface area contributed by atoms with Crippen LogP contribution in [0.1, 0.15) is 37.8 Å². The molecule has 0 amide bonds. The van der Waals surface area contributed by atoms with Gasteiger partial charge in [0.1, 0.15) is 0 Å². The van der Waals surface area contributed by atoms with Gasteiger partial charge >= 0.3 is 0 Å². The van der Waals surface area contributed by atoms with E-state index in [9.17, 15) is 0 Å². The van der Waals surface area contributed by atoms with Crippen LogP contribution >= 0.6 is 23.1 Å². The highest BCUT2D eigenvalue weighted by molar-refractivity contribution is 8.01. The Balaban J connectivity index is 1.70. The van der Waals surface area contributed by atoms with Gasteiger partial charge in [0.05, 0.1) is 10.8 Å². The highest BCUT2D eigenvalue weighted by Gasteiger charge is 2.28. The molecule has 1 aromatic rings. The van der Waals surface area contributed by atoms with Crippen LogP contribution in [-0.4, -0.2) is 24.5 Å². The first kappa shape index (κ1) is 12.0. The van der Waals surface area contributed by atoms with E-state index in [2.05, 4.69) is 23.7 Å². The summed E-state index contributed by atoms with van der Waals surface area (Å²) in [5, 5.41) is 6.75. The van der Waals surface area contributed by atoms with Gasteiger partial charge < -0.3 is 10.1 Å². The van der Waals surface area contributed by atoms with Gasteiger partial charge in [0.15, 0.2) is 0 Å². The van der Waals surface area contributed by atoms with Crippen molar-refractivity contribution in [2.24, 2.45) is 0 Å². The zero-order valence-electron chi connectivity index (χ0n) is 10.1. The molecule has 1 fully saturated rings. The molecule has 3 atom stereocenters. The van der Waals surface area contributed by atoms with Crippen LogP contribution in [0.3, 0.4) is 0 Å². The molecule has 2 unspecified atom stereocenters. The summed E-state index contributed by atoms with van der Waals surface area (Å²) in [6.07, 6.45) is 3.70. The van der Waals surface area contributed by atoms with Crippen molar-refractivity contribution in [3.8, 4) is 0 Å². The van der Waals surface area contributed by atoms with E-state index < -0.39 is 0 Å². The zero-order chi connectivity index (χ0) is 11.7. The van der Waals surface area contributed by atoms with E-state index in [-0.39, 0.29) is 0 Å². The van der Waals surface area contributed by atoms with Crippen molar-refractivity contribution in [1.29, 1.82) is 0 Å². The normalized spacial score (nSPS) is 33.4. The van der Waals surface area contributed by atoms with Crippen LogP contribution in [0.4, 0.5) is 0 Å². The molecule has 3 rings (SSSR count). The minimum atomic E-state index is 0.541. The maximum atomic E-state index is 5.55. The third-order valence-corrected chi connectivity index (χ3v) is 5.85. The van der Waals surface area contributed by atoms with Gasteiger partial charge in [-0.2, -0.15) is 0 Å². The Bertz CT molecular complexity index is 373. The van der Waals surface area contributed by atoms with Crippen molar-refractivity contribution in [3.63, 3.8) is 0 Å². The van der Waals surface area contributed by atoms with Gasteiger partial charge in [-0.1, -0.05) is 6.92 Å². The molecule has 1 saturated heterocycles. The maximum absolute atomic E-state index is 5.55. The summed E-state index contributed by atoms with van der Waals surface area (Å²) in [6.45, 7) is 4.16. The van der Waals surface area contributed by atoms with Crippen LogP contribution in [0.25, 0.3) is 0 Å². The standard InChI is InChI=1S/C13H19NOS2/c1-9-7-12(11-4-6-16-13(11)17-9)14-10-3-2-5-15-8-10/h4,6,9-10,12,14H,2-3,5,7-8H2,1H3/t9-,10?,12?/m0/s1. The van der Waals surface area contributed by atoms with Crippen LogP contribution in [0.2, 0.25) is 0 Å². The molecule has 0 spiro atoms. The summed E-state index contributed by atoms with van der Waals surface area (Å²) in [6, 6.07) is 3.39. The molecule has 0 radical (unpaired) electrons. The maximum Gasteiger partial charge on any atom is 0.0649 e. The molecule has 1 aromatic heterocycles.